The van der Waals surface area contributed by atoms with Crippen LogP contribution in [0.2, 0.25) is 0 Å². The number of benzene rings is 2. The molecule has 0 heterocycles. The second-order valence-electron chi connectivity index (χ2n) is 6.30. The molecule has 0 bridgehead atoms. The molecule has 0 saturated heterocycles. The van der Waals surface area contributed by atoms with Gasteiger partial charge in [-0.1, -0.05) is 39.0 Å². The van der Waals surface area contributed by atoms with Crippen LogP contribution in [0.3, 0.4) is 0 Å². The van der Waals surface area contributed by atoms with E-state index in [1.807, 2.05) is 31.2 Å². The van der Waals surface area contributed by atoms with Gasteiger partial charge in [0, 0.05) is 5.69 Å². The normalized spacial score (nSPS) is 11.2. The molecule has 110 valence electrons. The number of amides is 1. The van der Waals surface area contributed by atoms with Crippen molar-refractivity contribution in [2.45, 2.75) is 33.1 Å². The molecule has 0 unspecified atom stereocenters. The van der Waals surface area contributed by atoms with E-state index in [2.05, 4.69) is 26.1 Å². The van der Waals surface area contributed by atoms with E-state index in [0.717, 1.165) is 5.56 Å². The Bertz CT molecular complexity index is 652. The number of aryl methyl sites for hydroxylation is 1. The molecule has 3 nitrogen and oxygen atoms in total. The minimum Gasteiger partial charge on any atom is -0.507 e. The Hall–Kier alpha value is -2.29. The molecule has 21 heavy (non-hydrogen) atoms. The van der Waals surface area contributed by atoms with Gasteiger partial charge in [-0.3, -0.25) is 4.79 Å². The number of phenols is 1. The summed E-state index contributed by atoms with van der Waals surface area (Å²) < 4.78 is 0. The second kappa shape index (κ2) is 5.60. The Kier molecular flexibility index (Phi) is 4.03. The Morgan fingerprint density at radius 1 is 1.05 bits per heavy atom. The summed E-state index contributed by atoms with van der Waals surface area (Å²) in [6.07, 6.45) is 0. The Balaban J connectivity index is 2.16. The third-order valence-electron chi connectivity index (χ3n) is 3.41. The van der Waals surface area contributed by atoms with Gasteiger partial charge in [0.15, 0.2) is 0 Å². The first-order chi connectivity index (χ1) is 9.77. The highest BCUT2D eigenvalue weighted by atomic mass is 16.3. The molecule has 0 radical (unpaired) electrons. The standard InChI is InChI=1S/C18H21NO2/c1-12-5-10-15(16(20)11-12)17(21)19-14-8-6-13(7-9-14)18(2,3)4/h5-11,20H,1-4H3,(H,19,21). The van der Waals surface area contributed by atoms with Gasteiger partial charge in [0.1, 0.15) is 5.75 Å². The van der Waals surface area contributed by atoms with E-state index in [-0.39, 0.29) is 22.6 Å². The van der Waals surface area contributed by atoms with Gasteiger partial charge < -0.3 is 10.4 Å². The van der Waals surface area contributed by atoms with Gasteiger partial charge in [-0.05, 0) is 47.7 Å². The summed E-state index contributed by atoms with van der Waals surface area (Å²) in [6.45, 7) is 8.30. The average molecular weight is 283 g/mol. The number of aromatic hydroxyl groups is 1. The number of phenolic OH excluding ortho intramolecular Hbond substituents is 1. The molecule has 3 heteroatoms. The predicted molar refractivity (Wildman–Crippen MR) is 85.9 cm³/mol. The van der Waals surface area contributed by atoms with Crippen LogP contribution < -0.4 is 5.32 Å². The van der Waals surface area contributed by atoms with Crippen LogP contribution in [0.15, 0.2) is 42.5 Å². The van der Waals surface area contributed by atoms with Crippen LogP contribution in [0.25, 0.3) is 0 Å². The zero-order valence-corrected chi connectivity index (χ0v) is 12.9. The van der Waals surface area contributed by atoms with Crippen molar-refractivity contribution in [2.75, 3.05) is 5.32 Å². The molecule has 0 aromatic heterocycles. The van der Waals surface area contributed by atoms with E-state index in [0.29, 0.717) is 5.69 Å². The Morgan fingerprint density at radius 2 is 1.67 bits per heavy atom. The maximum absolute atomic E-state index is 12.2. The van der Waals surface area contributed by atoms with Crippen LogP contribution in [0.1, 0.15) is 42.3 Å². The van der Waals surface area contributed by atoms with Crippen molar-refractivity contribution in [1.29, 1.82) is 0 Å². The smallest absolute Gasteiger partial charge is 0.259 e. The topological polar surface area (TPSA) is 49.3 Å². The first-order valence-corrected chi connectivity index (χ1v) is 6.99. The number of carbonyl (C=O) groups excluding carboxylic acids is 1. The second-order valence-corrected chi connectivity index (χ2v) is 6.30. The number of hydrogen-bond acceptors (Lipinski definition) is 2. The zero-order valence-electron chi connectivity index (χ0n) is 12.9. The number of rotatable bonds is 2. The third kappa shape index (κ3) is 3.63. The molecular weight excluding hydrogens is 262 g/mol. The van der Waals surface area contributed by atoms with E-state index in [1.165, 1.54) is 5.56 Å². The number of hydrogen-bond donors (Lipinski definition) is 2. The number of anilines is 1. The van der Waals surface area contributed by atoms with E-state index >= 15 is 0 Å². The van der Waals surface area contributed by atoms with Crippen molar-refractivity contribution < 1.29 is 9.90 Å². The highest BCUT2D eigenvalue weighted by Crippen LogP contribution is 2.24. The summed E-state index contributed by atoms with van der Waals surface area (Å²) in [5.41, 5.74) is 3.20. The summed E-state index contributed by atoms with van der Waals surface area (Å²) in [4.78, 5) is 12.2. The van der Waals surface area contributed by atoms with Crippen LogP contribution in [-0.2, 0) is 5.41 Å². The molecule has 2 aromatic rings. The lowest BCUT2D eigenvalue weighted by molar-refractivity contribution is 0.102. The summed E-state index contributed by atoms with van der Waals surface area (Å²) in [6, 6.07) is 12.8. The highest BCUT2D eigenvalue weighted by molar-refractivity contribution is 6.06. The lowest BCUT2D eigenvalue weighted by Gasteiger charge is -2.19. The molecule has 0 spiro atoms. The predicted octanol–water partition coefficient (Wildman–Crippen LogP) is 4.25. The molecule has 2 N–H and O–H groups in total. The van der Waals surface area contributed by atoms with Crippen LogP contribution in [0.4, 0.5) is 5.69 Å². The highest BCUT2D eigenvalue weighted by Gasteiger charge is 2.14. The SMILES string of the molecule is Cc1ccc(C(=O)Nc2ccc(C(C)(C)C)cc2)c(O)c1. The van der Waals surface area contributed by atoms with Crippen LogP contribution in [-0.4, -0.2) is 11.0 Å². The molecule has 2 rings (SSSR count). The van der Waals surface area contributed by atoms with Crippen molar-refractivity contribution >= 4 is 11.6 Å². The first-order valence-electron chi connectivity index (χ1n) is 6.99. The summed E-state index contributed by atoms with van der Waals surface area (Å²) >= 11 is 0. The minimum atomic E-state index is -0.309. The molecule has 1 amide bonds. The van der Waals surface area contributed by atoms with Crippen molar-refractivity contribution in [3.05, 3.63) is 59.2 Å². The van der Waals surface area contributed by atoms with E-state index in [9.17, 15) is 9.90 Å². The molecule has 0 aliphatic carbocycles. The van der Waals surface area contributed by atoms with Gasteiger partial charge in [-0.2, -0.15) is 0 Å². The van der Waals surface area contributed by atoms with Crippen molar-refractivity contribution in [1.82, 2.24) is 0 Å². The van der Waals surface area contributed by atoms with E-state index < -0.39 is 0 Å². The van der Waals surface area contributed by atoms with Gasteiger partial charge in [-0.25, -0.2) is 0 Å². The molecule has 0 aliphatic rings. The first kappa shape index (κ1) is 15.1. The number of carbonyl (C=O) groups is 1. The van der Waals surface area contributed by atoms with Crippen molar-refractivity contribution in [3.8, 4) is 5.75 Å². The van der Waals surface area contributed by atoms with Crippen molar-refractivity contribution in [3.63, 3.8) is 0 Å². The largest absolute Gasteiger partial charge is 0.507 e. The molecule has 2 aromatic carbocycles. The summed E-state index contributed by atoms with van der Waals surface area (Å²) in [5, 5.41) is 12.6. The summed E-state index contributed by atoms with van der Waals surface area (Å²) in [5.74, 6) is -0.310. The van der Waals surface area contributed by atoms with Gasteiger partial charge in [0.05, 0.1) is 5.56 Å². The van der Waals surface area contributed by atoms with E-state index in [4.69, 9.17) is 0 Å². The fourth-order valence-corrected chi connectivity index (χ4v) is 2.09. The molecule has 0 aliphatic heterocycles. The van der Waals surface area contributed by atoms with Crippen LogP contribution >= 0.6 is 0 Å². The minimum absolute atomic E-state index is 0.00110. The number of nitrogens with one attached hydrogen (secondary N) is 1. The monoisotopic (exact) mass is 283 g/mol. The average Bonchev–Trinajstić information content (AvgIpc) is 2.38. The molecule has 0 saturated carbocycles. The maximum atomic E-state index is 12.2. The van der Waals surface area contributed by atoms with E-state index in [1.54, 1.807) is 18.2 Å². The van der Waals surface area contributed by atoms with Crippen LogP contribution in [0.5, 0.6) is 5.75 Å². The van der Waals surface area contributed by atoms with Crippen molar-refractivity contribution in [2.24, 2.45) is 0 Å². The third-order valence-corrected chi connectivity index (χ3v) is 3.41. The maximum Gasteiger partial charge on any atom is 0.259 e. The molecule has 0 atom stereocenters. The zero-order chi connectivity index (χ0) is 15.6. The van der Waals surface area contributed by atoms with Gasteiger partial charge in [0.2, 0.25) is 0 Å². The van der Waals surface area contributed by atoms with Gasteiger partial charge >= 0.3 is 0 Å². The lowest BCUT2D eigenvalue weighted by Crippen LogP contribution is -2.13. The summed E-state index contributed by atoms with van der Waals surface area (Å²) in [7, 11) is 0. The molecule has 0 fully saturated rings. The fraction of sp³-hybridized carbons (Fsp3) is 0.278. The van der Waals surface area contributed by atoms with Gasteiger partial charge in [-0.15, -0.1) is 0 Å². The van der Waals surface area contributed by atoms with Gasteiger partial charge in [0.25, 0.3) is 5.91 Å². The fourth-order valence-electron chi connectivity index (χ4n) is 2.09. The molecular formula is C18H21NO2. The van der Waals surface area contributed by atoms with Crippen LogP contribution in [0, 0.1) is 6.92 Å². The Morgan fingerprint density at radius 3 is 2.19 bits per heavy atom. The lowest BCUT2D eigenvalue weighted by atomic mass is 9.87. The quantitative estimate of drug-likeness (QED) is 0.865. The Labute approximate surface area is 125 Å².